The molecule has 0 aliphatic carbocycles. The van der Waals surface area contributed by atoms with Gasteiger partial charge in [-0.05, 0) is 55.5 Å². The number of aliphatic hydroxyl groups excluding tert-OH is 1. The van der Waals surface area contributed by atoms with Crippen molar-refractivity contribution in [3.8, 4) is 0 Å². The first kappa shape index (κ1) is 12.2. The van der Waals surface area contributed by atoms with Crippen molar-refractivity contribution in [3.05, 3.63) is 33.9 Å². The molecule has 0 saturated heterocycles. The van der Waals surface area contributed by atoms with Crippen LogP contribution in [0.15, 0.2) is 6.07 Å². The monoisotopic (exact) mass is 208 g/mol. The van der Waals surface area contributed by atoms with Crippen molar-refractivity contribution in [1.82, 2.24) is 0 Å². The topological polar surface area (TPSA) is 29.5 Å². The van der Waals surface area contributed by atoms with Crippen molar-refractivity contribution < 1.29 is 9.84 Å². The molecule has 0 fully saturated rings. The number of aliphatic hydroxyl groups is 1. The van der Waals surface area contributed by atoms with Crippen molar-refractivity contribution >= 4 is 0 Å². The Morgan fingerprint density at radius 3 is 2.33 bits per heavy atom. The number of hydrogen-bond donors (Lipinski definition) is 1. The van der Waals surface area contributed by atoms with E-state index < -0.39 is 6.10 Å². The highest BCUT2D eigenvalue weighted by Gasteiger charge is 2.13. The van der Waals surface area contributed by atoms with Crippen LogP contribution in [0.3, 0.4) is 0 Å². The Bertz CT molecular complexity index is 354. The first-order chi connectivity index (χ1) is 6.99. The van der Waals surface area contributed by atoms with E-state index in [1.54, 1.807) is 7.11 Å². The van der Waals surface area contributed by atoms with Gasteiger partial charge in [0, 0.05) is 7.11 Å². The molecule has 2 nitrogen and oxygen atoms in total. The lowest BCUT2D eigenvalue weighted by atomic mass is 9.91. The lowest BCUT2D eigenvalue weighted by molar-refractivity contribution is 0.181. The van der Waals surface area contributed by atoms with E-state index in [-0.39, 0.29) is 0 Å². The van der Waals surface area contributed by atoms with Crippen LogP contribution in [-0.4, -0.2) is 12.2 Å². The second-order valence-electron chi connectivity index (χ2n) is 4.13. The van der Waals surface area contributed by atoms with E-state index >= 15 is 0 Å². The van der Waals surface area contributed by atoms with E-state index in [9.17, 15) is 5.11 Å². The van der Waals surface area contributed by atoms with Crippen molar-refractivity contribution in [2.24, 2.45) is 0 Å². The second-order valence-corrected chi connectivity index (χ2v) is 4.13. The van der Waals surface area contributed by atoms with Gasteiger partial charge in [-0.25, -0.2) is 0 Å². The first-order valence-corrected chi connectivity index (χ1v) is 5.25. The molecule has 1 rings (SSSR count). The van der Waals surface area contributed by atoms with E-state index in [1.165, 1.54) is 11.1 Å². The maximum Gasteiger partial charge on any atom is 0.0767 e. The van der Waals surface area contributed by atoms with Gasteiger partial charge in [0.15, 0.2) is 0 Å². The molecule has 84 valence electrons. The molecule has 1 atom stereocenters. The molecule has 0 spiro atoms. The Morgan fingerprint density at radius 2 is 1.87 bits per heavy atom. The smallest absolute Gasteiger partial charge is 0.0767 e. The normalized spacial score (nSPS) is 12.9. The number of methoxy groups -OCH3 is 1. The van der Waals surface area contributed by atoms with Gasteiger partial charge in [-0.2, -0.15) is 0 Å². The summed E-state index contributed by atoms with van der Waals surface area (Å²) < 4.78 is 5.16. The summed E-state index contributed by atoms with van der Waals surface area (Å²) in [6.07, 6.45) is -0.416. The fraction of sp³-hybridized carbons (Fsp3) is 0.538. The van der Waals surface area contributed by atoms with Crippen LogP contribution in [0.1, 0.15) is 40.8 Å². The molecule has 0 aliphatic heterocycles. The number of aryl methyl sites for hydroxylation is 1. The van der Waals surface area contributed by atoms with Gasteiger partial charge in [-0.3, -0.25) is 0 Å². The second kappa shape index (κ2) is 4.77. The van der Waals surface area contributed by atoms with E-state index in [1.807, 2.05) is 13.8 Å². The highest BCUT2D eigenvalue weighted by atomic mass is 16.5. The molecule has 0 radical (unpaired) electrons. The molecule has 0 saturated carbocycles. The number of benzene rings is 1. The van der Waals surface area contributed by atoms with Gasteiger partial charge in [0.05, 0.1) is 12.7 Å². The maximum atomic E-state index is 9.76. The van der Waals surface area contributed by atoms with E-state index in [0.29, 0.717) is 6.61 Å². The summed E-state index contributed by atoms with van der Waals surface area (Å²) in [5.41, 5.74) is 5.75. The minimum Gasteiger partial charge on any atom is -0.389 e. The summed E-state index contributed by atoms with van der Waals surface area (Å²) in [6, 6.07) is 2.14. The molecule has 0 amide bonds. The molecule has 1 aromatic rings. The van der Waals surface area contributed by atoms with Crippen LogP contribution in [0.5, 0.6) is 0 Å². The Balaban J connectivity index is 3.35. The third-order valence-corrected chi connectivity index (χ3v) is 2.99. The summed E-state index contributed by atoms with van der Waals surface area (Å²) in [6.45, 7) is 8.58. The van der Waals surface area contributed by atoms with Gasteiger partial charge in [0.1, 0.15) is 0 Å². The minimum atomic E-state index is -0.416. The van der Waals surface area contributed by atoms with Crippen molar-refractivity contribution in [2.75, 3.05) is 7.11 Å². The van der Waals surface area contributed by atoms with Crippen LogP contribution in [0, 0.1) is 20.8 Å². The molecule has 0 aromatic heterocycles. The van der Waals surface area contributed by atoms with E-state index in [0.717, 1.165) is 16.7 Å². The zero-order valence-corrected chi connectivity index (χ0v) is 10.2. The van der Waals surface area contributed by atoms with Crippen molar-refractivity contribution in [1.29, 1.82) is 0 Å². The van der Waals surface area contributed by atoms with Gasteiger partial charge >= 0.3 is 0 Å². The molecule has 15 heavy (non-hydrogen) atoms. The fourth-order valence-corrected chi connectivity index (χ4v) is 2.08. The summed E-state index contributed by atoms with van der Waals surface area (Å²) in [7, 11) is 1.69. The summed E-state index contributed by atoms with van der Waals surface area (Å²) in [5, 5.41) is 9.76. The van der Waals surface area contributed by atoms with E-state index in [4.69, 9.17) is 4.74 Å². The van der Waals surface area contributed by atoms with Gasteiger partial charge in [-0.15, -0.1) is 0 Å². The average Bonchev–Trinajstić information content (AvgIpc) is 2.14. The molecular formula is C13H20O2. The zero-order chi connectivity index (χ0) is 11.6. The Kier molecular flexibility index (Phi) is 3.89. The summed E-state index contributed by atoms with van der Waals surface area (Å²) in [5.74, 6) is 0. The Labute approximate surface area is 91.9 Å². The maximum absolute atomic E-state index is 9.76. The van der Waals surface area contributed by atoms with Crippen LogP contribution in [0.4, 0.5) is 0 Å². The lowest BCUT2D eigenvalue weighted by Crippen LogP contribution is -2.05. The molecule has 1 N–H and O–H groups in total. The first-order valence-electron chi connectivity index (χ1n) is 5.25. The van der Waals surface area contributed by atoms with Crippen LogP contribution in [-0.2, 0) is 11.3 Å². The highest BCUT2D eigenvalue weighted by Crippen LogP contribution is 2.27. The lowest BCUT2D eigenvalue weighted by Gasteiger charge is -2.18. The van der Waals surface area contributed by atoms with Crippen LogP contribution < -0.4 is 0 Å². The van der Waals surface area contributed by atoms with Crippen molar-refractivity contribution in [3.63, 3.8) is 0 Å². The third kappa shape index (κ3) is 2.39. The quantitative estimate of drug-likeness (QED) is 0.827. The van der Waals surface area contributed by atoms with Crippen LogP contribution in [0.2, 0.25) is 0 Å². The number of hydrogen-bond acceptors (Lipinski definition) is 2. The number of rotatable bonds is 3. The zero-order valence-electron chi connectivity index (χ0n) is 10.2. The molecule has 2 heteroatoms. The Morgan fingerprint density at radius 1 is 1.27 bits per heavy atom. The summed E-state index contributed by atoms with van der Waals surface area (Å²) >= 11 is 0. The van der Waals surface area contributed by atoms with E-state index in [2.05, 4.69) is 19.9 Å². The molecular weight excluding hydrogens is 188 g/mol. The van der Waals surface area contributed by atoms with Gasteiger partial charge < -0.3 is 9.84 Å². The standard InChI is InChI=1S/C13H20O2/c1-8-6-12(7-15-5)10(3)13(9(8)2)11(4)14/h6,11,14H,7H2,1-5H3. The van der Waals surface area contributed by atoms with Gasteiger partial charge in [0.2, 0.25) is 0 Å². The predicted molar refractivity (Wildman–Crippen MR) is 62.0 cm³/mol. The molecule has 1 unspecified atom stereocenters. The Hall–Kier alpha value is -0.860. The minimum absolute atomic E-state index is 0.416. The molecule has 1 aromatic carbocycles. The average molecular weight is 208 g/mol. The van der Waals surface area contributed by atoms with Crippen molar-refractivity contribution in [2.45, 2.75) is 40.4 Å². The third-order valence-electron chi connectivity index (χ3n) is 2.99. The highest BCUT2D eigenvalue weighted by molar-refractivity contribution is 5.45. The number of ether oxygens (including phenoxy) is 1. The predicted octanol–water partition coefficient (Wildman–Crippen LogP) is 2.81. The van der Waals surface area contributed by atoms with Crippen LogP contribution in [0.25, 0.3) is 0 Å². The fourth-order valence-electron chi connectivity index (χ4n) is 2.08. The largest absolute Gasteiger partial charge is 0.389 e. The summed E-state index contributed by atoms with van der Waals surface area (Å²) in [4.78, 5) is 0. The molecule has 0 bridgehead atoms. The molecule has 0 heterocycles. The SMILES string of the molecule is COCc1cc(C)c(C)c(C(C)O)c1C. The van der Waals surface area contributed by atoms with Crippen LogP contribution >= 0.6 is 0 Å². The van der Waals surface area contributed by atoms with Gasteiger partial charge in [0.25, 0.3) is 0 Å². The molecule has 0 aliphatic rings. The van der Waals surface area contributed by atoms with Gasteiger partial charge in [-0.1, -0.05) is 6.07 Å².